The molecule has 114 valence electrons. The number of anilines is 1. The quantitative estimate of drug-likeness (QED) is 0.726. The van der Waals surface area contributed by atoms with E-state index in [2.05, 4.69) is 19.2 Å². The number of hydrogen-bond donors (Lipinski definition) is 1. The van der Waals surface area contributed by atoms with Gasteiger partial charge in [-0.1, -0.05) is 38.8 Å². The second-order valence-electron chi connectivity index (χ2n) is 4.82. The van der Waals surface area contributed by atoms with Crippen LogP contribution >= 0.6 is 0 Å². The Kier molecular flexibility index (Phi) is 6.68. The minimum atomic E-state index is -4.32. The summed E-state index contributed by atoms with van der Waals surface area (Å²) in [5, 5.41) is 3.29. The third-order valence-corrected chi connectivity index (χ3v) is 2.91. The predicted octanol–water partition coefficient (Wildman–Crippen LogP) is 5.01. The average molecular weight is 289 g/mol. The molecule has 20 heavy (non-hydrogen) atoms. The van der Waals surface area contributed by atoms with Gasteiger partial charge < -0.3 is 10.1 Å². The van der Waals surface area contributed by atoms with E-state index in [9.17, 15) is 13.2 Å². The Bertz CT molecular complexity index is 387. The van der Waals surface area contributed by atoms with Crippen LogP contribution in [0.4, 0.5) is 18.9 Å². The van der Waals surface area contributed by atoms with E-state index in [1.807, 2.05) is 0 Å². The van der Waals surface area contributed by atoms with E-state index in [4.69, 9.17) is 4.74 Å². The van der Waals surface area contributed by atoms with Crippen LogP contribution in [0.1, 0.15) is 39.5 Å². The van der Waals surface area contributed by atoms with Gasteiger partial charge in [-0.15, -0.1) is 0 Å². The van der Waals surface area contributed by atoms with Gasteiger partial charge in [-0.25, -0.2) is 0 Å². The molecule has 0 heterocycles. The lowest BCUT2D eigenvalue weighted by Crippen LogP contribution is -2.22. The van der Waals surface area contributed by atoms with E-state index in [1.54, 1.807) is 24.3 Å². The number of para-hydroxylation sites is 2. The summed E-state index contributed by atoms with van der Waals surface area (Å²) in [7, 11) is 0. The maximum absolute atomic E-state index is 12.2. The van der Waals surface area contributed by atoms with Crippen molar-refractivity contribution in [3.05, 3.63) is 24.3 Å². The normalized spacial score (nSPS) is 11.7. The third kappa shape index (κ3) is 6.17. The fraction of sp³-hybridized carbons (Fsp3) is 0.600. The number of alkyl halides is 3. The molecule has 1 rings (SSSR count). The molecule has 0 aliphatic rings. The van der Waals surface area contributed by atoms with Crippen molar-refractivity contribution in [3.8, 4) is 5.75 Å². The average Bonchev–Trinajstić information content (AvgIpc) is 2.37. The Morgan fingerprint density at radius 3 is 2.25 bits per heavy atom. The molecule has 0 amide bonds. The summed E-state index contributed by atoms with van der Waals surface area (Å²) in [6, 6.07) is 7.04. The van der Waals surface area contributed by atoms with Gasteiger partial charge in [0.05, 0.1) is 5.69 Å². The molecule has 0 fully saturated rings. The van der Waals surface area contributed by atoms with Crippen molar-refractivity contribution < 1.29 is 17.9 Å². The Hall–Kier alpha value is -1.39. The molecule has 0 aliphatic carbocycles. The van der Waals surface area contributed by atoms with E-state index >= 15 is 0 Å². The first-order chi connectivity index (χ1) is 9.46. The van der Waals surface area contributed by atoms with Crippen LogP contribution in [0, 0.1) is 0 Å². The fourth-order valence-electron chi connectivity index (χ4n) is 2.08. The van der Waals surface area contributed by atoms with Crippen LogP contribution in [0.5, 0.6) is 5.75 Å². The van der Waals surface area contributed by atoms with Crippen molar-refractivity contribution in [3.63, 3.8) is 0 Å². The van der Waals surface area contributed by atoms with Gasteiger partial charge in [0.1, 0.15) is 5.75 Å². The molecule has 0 bridgehead atoms. The lowest BCUT2D eigenvalue weighted by atomic mass is 10.1. The summed E-state index contributed by atoms with van der Waals surface area (Å²) in [4.78, 5) is 0. The molecular formula is C15H22F3NO. The van der Waals surface area contributed by atoms with Crippen LogP contribution in [0.25, 0.3) is 0 Å². The van der Waals surface area contributed by atoms with Crippen molar-refractivity contribution in [1.82, 2.24) is 0 Å². The number of ether oxygens (including phenoxy) is 1. The van der Waals surface area contributed by atoms with E-state index in [-0.39, 0.29) is 11.8 Å². The molecular weight excluding hydrogens is 267 g/mol. The van der Waals surface area contributed by atoms with Crippen LogP contribution in [-0.4, -0.2) is 18.8 Å². The molecule has 0 saturated heterocycles. The maximum Gasteiger partial charge on any atom is 0.422 e. The maximum atomic E-state index is 12.2. The highest BCUT2D eigenvalue weighted by Crippen LogP contribution is 2.28. The second-order valence-corrected chi connectivity index (χ2v) is 4.82. The molecule has 0 aromatic heterocycles. The standard InChI is InChI=1S/C15H22F3NO/c1-3-7-12(8-4-2)19-13-9-5-6-10-14(13)20-11-15(16,17)18/h5-6,9-10,12,19H,3-4,7-8,11H2,1-2H3. The minimum absolute atomic E-state index is 0.252. The molecule has 0 saturated carbocycles. The molecule has 2 nitrogen and oxygen atoms in total. The zero-order valence-electron chi connectivity index (χ0n) is 12.0. The van der Waals surface area contributed by atoms with E-state index in [0.29, 0.717) is 5.69 Å². The number of halogens is 3. The lowest BCUT2D eigenvalue weighted by molar-refractivity contribution is -0.153. The first-order valence-electron chi connectivity index (χ1n) is 7.01. The van der Waals surface area contributed by atoms with Gasteiger partial charge in [0.2, 0.25) is 0 Å². The summed E-state index contributed by atoms with van der Waals surface area (Å²) in [5.74, 6) is 0.252. The zero-order valence-corrected chi connectivity index (χ0v) is 12.0. The van der Waals surface area contributed by atoms with Gasteiger partial charge in [-0.2, -0.15) is 13.2 Å². The Balaban J connectivity index is 2.73. The number of benzene rings is 1. The second kappa shape index (κ2) is 8.02. The predicted molar refractivity (Wildman–Crippen MR) is 75.2 cm³/mol. The van der Waals surface area contributed by atoms with E-state index < -0.39 is 12.8 Å². The van der Waals surface area contributed by atoms with Gasteiger partial charge in [0.25, 0.3) is 0 Å². The summed E-state index contributed by atoms with van der Waals surface area (Å²) in [6.07, 6.45) is -0.283. The highest BCUT2D eigenvalue weighted by Gasteiger charge is 2.28. The van der Waals surface area contributed by atoms with E-state index in [0.717, 1.165) is 25.7 Å². The van der Waals surface area contributed by atoms with Crippen LogP contribution in [0.2, 0.25) is 0 Å². The van der Waals surface area contributed by atoms with Crippen LogP contribution in [-0.2, 0) is 0 Å². The van der Waals surface area contributed by atoms with E-state index in [1.165, 1.54) is 0 Å². The highest BCUT2D eigenvalue weighted by atomic mass is 19.4. The highest BCUT2D eigenvalue weighted by molar-refractivity contribution is 5.56. The molecule has 1 aromatic rings. The van der Waals surface area contributed by atoms with Crippen molar-refractivity contribution in [2.45, 2.75) is 51.7 Å². The van der Waals surface area contributed by atoms with Gasteiger partial charge >= 0.3 is 6.18 Å². The number of nitrogens with one attached hydrogen (secondary N) is 1. The number of rotatable bonds is 8. The lowest BCUT2D eigenvalue weighted by Gasteiger charge is -2.21. The summed E-state index contributed by atoms with van der Waals surface area (Å²) in [5.41, 5.74) is 0.628. The summed E-state index contributed by atoms with van der Waals surface area (Å²) >= 11 is 0. The van der Waals surface area contributed by atoms with Crippen LogP contribution in [0.15, 0.2) is 24.3 Å². The minimum Gasteiger partial charge on any atom is -0.482 e. The Morgan fingerprint density at radius 2 is 1.70 bits per heavy atom. The smallest absolute Gasteiger partial charge is 0.422 e. The van der Waals surface area contributed by atoms with Crippen molar-refractivity contribution in [2.75, 3.05) is 11.9 Å². The number of hydrogen-bond acceptors (Lipinski definition) is 2. The summed E-state index contributed by atoms with van der Waals surface area (Å²) in [6.45, 7) is 2.92. The molecule has 1 N–H and O–H groups in total. The summed E-state index contributed by atoms with van der Waals surface area (Å²) < 4.78 is 41.6. The molecule has 1 aromatic carbocycles. The topological polar surface area (TPSA) is 21.3 Å². The van der Waals surface area contributed by atoms with Crippen molar-refractivity contribution >= 4 is 5.69 Å². The van der Waals surface area contributed by atoms with Gasteiger partial charge in [-0.3, -0.25) is 0 Å². The first-order valence-corrected chi connectivity index (χ1v) is 7.01. The van der Waals surface area contributed by atoms with Gasteiger partial charge in [0.15, 0.2) is 6.61 Å². The third-order valence-electron chi connectivity index (χ3n) is 2.91. The molecule has 0 atom stereocenters. The monoisotopic (exact) mass is 289 g/mol. The van der Waals surface area contributed by atoms with Crippen LogP contribution in [0.3, 0.4) is 0 Å². The Morgan fingerprint density at radius 1 is 1.10 bits per heavy atom. The molecule has 0 spiro atoms. The molecule has 5 heteroatoms. The Labute approximate surface area is 118 Å². The first kappa shape index (κ1) is 16.7. The zero-order chi connectivity index (χ0) is 15.0. The van der Waals surface area contributed by atoms with Gasteiger partial charge in [-0.05, 0) is 25.0 Å². The SMILES string of the molecule is CCCC(CCC)Nc1ccccc1OCC(F)(F)F. The van der Waals surface area contributed by atoms with Gasteiger partial charge in [0, 0.05) is 6.04 Å². The van der Waals surface area contributed by atoms with Crippen LogP contribution < -0.4 is 10.1 Å². The fourth-order valence-corrected chi connectivity index (χ4v) is 2.08. The largest absolute Gasteiger partial charge is 0.482 e. The molecule has 0 unspecified atom stereocenters. The molecule has 0 aliphatic heterocycles. The van der Waals surface area contributed by atoms with Crippen molar-refractivity contribution in [1.29, 1.82) is 0 Å². The molecule has 0 radical (unpaired) electrons. The van der Waals surface area contributed by atoms with Crippen molar-refractivity contribution in [2.24, 2.45) is 0 Å².